The number of primary amides is 1. The van der Waals surface area contributed by atoms with E-state index >= 15 is 0 Å². The Morgan fingerprint density at radius 2 is 1.82 bits per heavy atom. The van der Waals surface area contributed by atoms with Gasteiger partial charge in [0.1, 0.15) is 17.2 Å². The summed E-state index contributed by atoms with van der Waals surface area (Å²) in [5.41, 5.74) is 7.53. The van der Waals surface area contributed by atoms with Crippen molar-refractivity contribution in [1.29, 1.82) is 0 Å². The predicted octanol–water partition coefficient (Wildman–Crippen LogP) is 4.79. The fraction of sp³-hybridized carbons (Fsp3) is 0.250. The third-order valence-corrected chi connectivity index (χ3v) is 9.95. The second-order valence-corrected chi connectivity index (χ2v) is 13.6. The topological polar surface area (TPSA) is 156 Å². The molecule has 1 aliphatic heterocycles. The molecule has 1 atom stereocenters. The number of carbonyl (C=O) groups is 3. The number of hydrogen-bond acceptors (Lipinski definition) is 7. The molecule has 51 heavy (non-hydrogen) atoms. The van der Waals surface area contributed by atoms with E-state index in [0.29, 0.717) is 49.2 Å². The molecular formula is C36H33BrClN7O6. The van der Waals surface area contributed by atoms with E-state index in [1.165, 1.54) is 4.57 Å². The van der Waals surface area contributed by atoms with Crippen LogP contribution in [0.1, 0.15) is 57.9 Å². The summed E-state index contributed by atoms with van der Waals surface area (Å²) >= 11 is 9.66. The Morgan fingerprint density at radius 1 is 1.06 bits per heavy atom. The van der Waals surface area contributed by atoms with Crippen LogP contribution in [0.4, 0.5) is 0 Å². The number of imidazole rings is 1. The largest absolute Gasteiger partial charge is 0.490 e. The SMILES string of the molecule is C[C@H](NC(=O)c1c2n(c(=O)n1-c1ccc(OC3CC3)cc1)CCN(C(=O)c1ccc(Br)c(Cl)c1)C2)c1ccc(OCC(N)=O)cc1-n1cccn1. The van der Waals surface area contributed by atoms with Crippen molar-refractivity contribution in [3.05, 3.63) is 122 Å². The number of amides is 3. The number of fused-ring (bicyclic) bond motifs is 1. The Labute approximate surface area is 305 Å². The highest BCUT2D eigenvalue weighted by Gasteiger charge is 2.33. The molecule has 1 aliphatic carbocycles. The zero-order chi connectivity index (χ0) is 35.8. The van der Waals surface area contributed by atoms with Crippen molar-refractivity contribution in [2.75, 3.05) is 13.2 Å². The summed E-state index contributed by atoms with van der Waals surface area (Å²) < 4.78 is 16.7. The van der Waals surface area contributed by atoms with Gasteiger partial charge in [-0.1, -0.05) is 17.7 Å². The highest BCUT2D eigenvalue weighted by Crippen LogP contribution is 2.30. The molecule has 2 aliphatic rings. The van der Waals surface area contributed by atoms with E-state index in [1.54, 1.807) is 93.3 Å². The first-order valence-electron chi connectivity index (χ1n) is 16.3. The van der Waals surface area contributed by atoms with Gasteiger partial charge in [-0.15, -0.1) is 0 Å². The number of nitrogens with two attached hydrogens (primary N) is 1. The Bertz CT molecular complexity index is 2190. The van der Waals surface area contributed by atoms with Crippen molar-refractivity contribution in [3.63, 3.8) is 0 Å². The second kappa shape index (κ2) is 14.1. The quantitative estimate of drug-likeness (QED) is 0.196. The van der Waals surface area contributed by atoms with Crippen LogP contribution in [0.25, 0.3) is 11.4 Å². The van der Waals surface area contributed by atoms with E-state index in [9.17, 15) is 19.2 Å². The molecular weight excluding hydrogens is 742 g/mol. The zero-order valence-corrected chi connectivity index (χ0v) is 29.8. The van der Waals surface area contributed by atoms with Crippen molar-refractivity contribution in [2.24, 2.45) is 5.73 Å². The van der Waals surface area contributed by atoms with Crippen molar-refractivity contribution < 1.29 is 23.9 Å². The van der Waals surface area contributed by atoms with Crippen molar-refractivity contribution >= 4 is 45.3 Å². The molecule has 2 aromatic heterocycles. The number of nitrogens with zero attached hydrogens (tertiary/aromatic N) is 5. The number of ether oxygens (including phenoxy) is 2. The highest BCUT2D eigenvalue weighted by molar-refractivity contribution is 9.10. The molecule has 0 radical (unpaired) electrons. The number of carbonyl (C=O) groups excluding carboxylic acids is 3. The van der Waals surface area contributed by atoms with Crippen LogP contribution in [0.15, 0.2) is 88.4 Å². The van der Waals surface area contributed by atoms with E-state index in [1.807, 2.05) is 6.92 Å². The van der Waals surface area contributed by atoms with Gasteiger partial charge in [-0.3, -0.25) is 23.5 Å². The van der Waals surface area contributed by atoms with Gasteiger partial charge in [0.2, 0.25) is 0 Å². The van der Waals surface area contributed by atoms with Gasteiger partial charge in [-0.25, -0.2) is 9.48 Å². The van der Waals surface area contributed by atoms with E-state index < -0.39 is 23.5 Å². The van der Waals surface area contributed by atoms with Crippen LogP contribution in [-0.4, -0.2) is 60.8 Å². The molecule has 0 saturated heterocycles. The smallest absolute Gasteiger partial charge is 0.333 e. The fourth-order valence-corrected chi connectivity index (χ4v) is 6.48. The van der Waals surface area contributed by atoms with Gasteiger partial charge in [0.05, 0.1) is 40.8 Å². The maximum atomic E-state index is 14.5. The Morgan fingerprint density at radius 3 is 2.51 bits per heavy atom. The van der Waals surface area contributed by atoms with Crippen LogP contribution in [0, 0.1) is 0 Å². The van der Waals surface area contributed by atoms with E-state index in [4.69, 9.17) is 26.8 Å². The Hall–Kier alpha value is -5.34. The predicted molar refractivity (Wildman–Crippen MR) is 192 cm³/mol. The number of hydrogen-bond donors (Lipinski definition) is 2. The molecule has 7 rings (SSSR count). The molecule has 262 valence electrons. The van der Waals surface area contributed by atoms with Gasteiger partial charge in [-0.05, 0) is 90.3 Å². The molecule has 5 aromatic rings. The third kappa shape index (κ3) is 7.14. The summed E-state index contributed by atoms with van der Waals surface area (Å²) in [6, 6.07) is 18.3. The lowest BCUT2D eigenvalue weighted by Crippen LogP contribution is -2.41. The normalized spacial score (nSPS) is 14.5. The van der Waals surface area contributed by atoms with Crippen molar-refractivity contribution in [1.82, 2.24) is 29.1 Å². The summed E-state index contributed by atoms with van der Waals surface area (Å²) in [5.74, 6) is -0.346. The summed E-state index contributed by atoms with van der Waals surface area (Å²) in [5, 5.41) is 7.83. The second-order valence-electron chi connectivity index (χ2n) is 12.4. The van der Waals surface area contributed by atoms with E-state index in [2.05, 4.69) is 26.3 Å². The van der Waals surface area contributed by atoms with Crippen molar-refractivity contribution in [2.45, 2.75) is 45.0 Å². The van der Waals surface area contributed by atoms with Crippen LogP contribution < -0.4 is 26.2 Å². The van der Waals surface area contributed by atoms with E-state index in [0.717, 1.165) is 12.8 Å². The molecule has 0 unspecified atom stereocenters. The summed E-state index contributed by atoms with van der Waals surface area (Å²) in [7, 11) is 0. The van der Waals surface area contributed by atoms with Gasteiger partial charge in [0, 0.05) is 47.1 Å². The maximum absolute atomic E-state index is 14.5. The Balaban J connectivity index is 1.25. The lowest BCUT2D eigenvalue weighted by atomic mass is 10.0. The lowest BCUT2D eigenvalue weighted by Gasteiger charge is -2.28. The van der Waals surface area contributed by atoms with Gasteiger partial charge in [0.25, 0.3) is 17.7 Å². The highest BCUT2D eigenvalue weighted by atomic mass is 79.9. The first-order chi connectivity index (χ1) is 24.6. The number of halogens is 2. The Kier molecular flexibility index (Phi) is 9.44. The number of rotatable bonds is 11. The molecule has 0 spiro atoms. The van der Waals surface area contributed by atoms with Crippen LogP contribution in [0.3, 0.4) is 0 Å². The molecule has 0 bridgehead atoms. The molecule has 3 amide bonds. The first kappa shape index (κ1) is 34.1. The van der Waals surface area contributed by atoms with Gasteiger partial charge >= 0.3 is 5.69 Å². The molecule has 3 aromatic carbocycles. The molecule has 15 heteroatoms. The van der Waals surface area contributed by atoms with Gasteiger partial charge < -0.3 is 25.4 Å². The number of benzene rings is 3. The molecule has 3 heterocycles. The molecule has 1 saturated carbocycles. The first-order valence-corrected chi connectivity index (χ1v) is 17.5. The average molecular weight is 775 g/mol. The maximum Gasteiger partial charge on any atom is 0.333 e. The van der Waals surface area contributed by atoms with Crippen LogP contribution in [-0.2, 0) is 17.9 Å². The molecule has 13 nitrogen and oxygen atoms in total. The summed E-state index contributed by atoms with van der Waals surface area (Å²) in [6.45, 7) is 1.97. The van der Waals surface area contributed by atoms with Gasteiger partial charge in [-0.2, -0.15) is 5.10 Å². The zero-order valence-electron chi connectivity index (χ0n) is 27.4. The standard InChI is InChI=1S/C36H33BrClN7O6/c1-21(27-11-10-26(50-20-32(39)46)18-30(27)44-14-2-13-40-44)41-34(47)33-31-19-42(35(48)22-3-12-28(37)29(38)17-22)15-16-43(31)36(49)45(33)23-4-6-24(7-5-23)51-25-8-9-25/h2-7,10-14,17-18,21,25H,8-9,15-16,19-20H2,1H3,(H2,39,46)(H,41,47)/t21-/m0/s1. The number of aromatic nitrogens is 4. The monoisotopic (exact) mass is 773 g/mol. The molecule has 1 fully saturated rings. The van der Waals surface area contributed by atoms with Crippen molar-refractivity contribution in [3.8, 4) is 22.9 Å². The van der Waals surface area contributed by atoms with Crippen LogP contribution >= 0.6 is 27.5 Å². The average Bonchev–Trinajstić information content (AvgIpc) is 3.66. The third-order valence-electron chi connectivity index (χ3n) is 8.72. The van der Waals surface area contributed by atoms with E-state index in [-0.39, 0.29) is 43.9 Å². The number of nitrogens with one attached hydrogen (secondary N) is 1. The summed E-state index contributed by atoms with van der Waals surface area (Å²) in [4.78, 5) is 55.2. The fourth-order valence-electron chi connectivity index (χ4n) is 6.06. The van der Waals surface area contributed by atoms with Gasteiger partial charge in [0.15, 0.2) is 6.61 Å². The lowest BCUT2D eigenvalue weighted by molar-refractivity contribution is -0.119. The minimum absolute atomic E-state index is 0.0131. The molecule has 3 N–H and O–H groups in total. The minimum Gasteiger partial charge on any atom is -0.490 e. The van der Waals surface area contributed by atoms with Crippen LogP contribution in [0.5, 0.6) is 11.5 Å². The summed E-state index contributed by atoms with van der Waals surface area (Å²) in [6.07, 6.45) is 5.56. The van der Waals surface area contributed by atoms with Crippen LogP contribution in [0.2, 0.25) is 5.02 Å². The minimum atomic E-state index is -0.617.